The number of ether oxygens (including phenoxy) is 1. The van der Waals surface area contributed by atoms with Crippen LogP contribution in [-0.4, -0.2) is 39.2 Å². The van der Waals surface area contributed by atoms with Crippen LogP contribution in [0.2, 0.25) is 5.02 Å². The number of nitrogens with zero attached hydrogens (tertiary/aromatic N) is 3. The minimum absolute atomic E-state index is 0.178. The third kappa shape index (κ3) is 3.58. The van der Waals surface area contributed by atoms with E-state index in [-0.39, 0.29) is 18.1 Å². The van der Waals surface area contributed by atoms with Crippen molar-refractivity contribution in [3.05, 3.63) is 81.2 Å². The highest BCUT2D eigenvalue weighted by atomic mass is 35.5. The van der Waals surface area contributed by atoms with Gasteiger partial charge in [-0.25, -0.2) is 14.3 Å². The van der Waals surface area contributed by atoms with Crippen molar-refractivity contribution in [1.82, 2.24) is 19.5 Å². The van der Waals surface area contributed by atoms with Crippen LogP contribution in [0.1, 0.15) is 11.3 Å². The molecule has 0 bridgehead atoms. The van der Waals surface area contributed by atoms with Gasteiger partial charge in [0.15, 0.2) is 5.65 Å². The Bertz CT molecular complexity index is 1380. The summed E-state index contributed by atoms with van der Waals surface area (Å²) in [5.74, 6) is 0.755. The number of para-hydroxylation sites is 1. The van der Waals surface area contributed by atoms with Gasteiger partial charge in [-0.1, -0.05) is 23.7 Å². The second-order valence-electron chi connectivity index (χ2n) is 7.52. The number of aromatic nitrogens is 3. The first-order valence-corrected chi connectivity index (χ1v) is 10.5. The lowest BCUT2D eigenvalue weighted by Gasteiger charge is -2.28. The van der Waals surface area contributed by atoms with Gasteiger partial charge in [0.2, 0.25) is 0 Å². The molecule has 0 atom stereocenters. The van der Waals surface area contributed by atoms with E-state index in [0.29, 0.717) is 34.9 Å². The molecule has 4 aromatic rings. The summed E-state index contributed by atoms with van der Waals surface area (Å²) in [5, 5.41) is 6.39. The summed E-state index contributed by atoms with van der Waals surface area (Å²) in [5.41, 5.74) is 3.78. The average molecular weight is 450 g/mol. The van der Waals surface area contributed by atoms with E-state index in [1.165, 1.54) is 4.52 Å². The summed E-state index contributed by atoms with van der Waals surface area (Å²) in [6, 6.07) is 16.1. The number of aromatic amines is 1. The standard InChI is InChI=1S/C23H20ClN5O3/c1-32-15-8-6-14(7-9-15)20-12-21-25-18-10-11-28(13-16(18)22(30)29(21)27-20)23(31)26-19-5-3-2-4-17(19)24/h2-9,12,27H,10-11,13H2,1H3,(H,26,31). The van der Waals surface area contributed by atoms with Crippen LogP contribution in [0.4, 0.5) is 10.5 Å². The Labute approximate surface area is 188 Å². The molecule has 0 saturated carbocycles. The molecule has 2 N–H and O–H groups in total. The fourth-order valence-corrected chi connectivity index (χ4v) is 4.01. The number of anilines is 1. The van der Waals surface area contributed by atoms with Crippen molar-refractivity contribution in [2.24, 2.45) is 0 Å². The molecule has 0 saturated heterocycles. The summed E-state index contributed by atoms with van der Waals surface area (Å²) >= 11 is 6.14. The number of methoxy groups -OCH3 is 1. The molecule has 2 aromatic carbocycles. The van der Waals surface area contributed by atoms with Gasteiger partial charge in [0, 0.05) is 19.0 Å². The minimum atomic E-state index is -0.307. The second kappa shape index (κ2) is 8.05. The maximum atomic E-state index is 13.2. The number of carbonyl (C=O) groups is 1. The number of hydrogen-bond donors (Lipinski definition) is 2. The van der Waals surface area contributed by atoms with Gasteiger partial charge >= 0.3 is 6.03 Å². The van der Waals surface area contributed by atoms with Crippen LogP contribution in [0.5, 0.6) is 5.75 Å². The number of amides is 2. The molecule has 2 aromatic heterocycles. The van der Waals surface area contributed by atoms with Crippen molar-refractivity contribution in [1.29, 1.82) is 0 Å². The Hall–Kier alpha value is -3.78. The molecular weight excluding hydrogens is 430 g/mol. The maximum absolute atomic E-state index is 13.2. The highest BCUT2D eigenvalue weighted by Crippen LogP contribution is 2.24. The predicted octanol–water partition coefficient (Wildman–Crippen LogP) is 3.94. The molecule has 2 amide bonds. The molecule has 162 valence electrons. The molecule has 8 nitrogen and oxygen atoms in total. The topological polar surface area (TPSA) is 91.7 Å². The molecule has 0 spiro atoms. The Balaban J connectivity index is 1.43. The molecule has 0 fully saturated rings. The minimum Gasteiger partial charge on any atom is -0.497 e. The zero-order valence-electron chi connectivity index (χ0n) is 17.3. The highest BCUT2D eigenvalue weighted by molar-refractivity contribution is 6.33. The summed E-state index contributed by atoms with van der Waals surface area (Å²) in [7, 11) is 1.62. The molecule has 0 aliphatic carbocycles. The first-order valence-electron chi connectivity index (χ1n) is 10.1. The van der Waals surface area contributed by atoms with Crippen molar-refractivity contribution in [2.45, 2.75) is 13.0 Å². The largest absolute Gasteiger partial charge is 0.497 e. The monoisotopic (exact) mass is 449 g/mol. The lowest BCUT2D eigenvalue weighted by Crippen LogP contribution is -2.42. The van der Waals surface area contributed by atoms with Gasteiger partial charge in [0.05, 0.1) is 41.3 Å². The normalized spacial score (nSPS) is 13.1. The number of benzene rings is 2. The summed E-state index contributed by atoms with van der Waals surface area (Å²) in [6.07, 6.45) is 0.500. The molecule has 1 aliphatic rings. The van der Waals surface area contributed by atoms with Crippen LogP contribution in [0.25, 0.3) is 16.9 Å². The Morgan fingerprint density at radius 2 is 1.97 bits per heavy atom. The second-order valence-corrected chi connectivity index (χ2v) is 7.92. The number of fused-ring (bicyclic) bond motifs is 2. The third-order valence-corrected chi connectivity index (χ3v) is 5.89. The zero-order chi connectivity index (χ0) is 22.2. The van der Waals surface area contributed by atoms with Crippen LogP contribution in [0, 0.1) is 0 Å². The van der Waals surface area contributed by atoms with Crippen molar-refractivity contribution in [3.63, 3.8) is 0 Å². The number of carbonyl (C=O) groups excluding carboxylic acids is 1. The van der Waals surface area contributed by atoms with E-state index in [9.17, 15) is 9.59 Å². The summed E-state index contributed by atoms with van der Waals surface area (Å²) < 4.78 is 6.63. The Kier molecular flexibility index (Phi) is 5.07. The van der Waals surface area contributed by atoms with Gasteiger partial charge in [-0.3, -0.25) is 9.89 Å². The van der Waals surface area contributed by atoms with E-state index < -0.39 is 0 Å². The van der Waals surface area contributed by atoms with E-state index in [0.717, 1.165) is 22.7 Å². The SMILES string of the molecule is COc1ccc(-c2cc3nc4c(c(=O)n3[nH]2)CN(C(=O)Nc2ccccc2Cl)CC4)cc1. The average Bonchev–Trinajstić information content (AvgIpc) is 3.25. The van der Waals surface area contributed by atoms with Gasteiger partial charge in [-0.2, -0.15) is 0 Å². The Morgan fingerprint density at radius 1 is 1.19 bits per heavy atom. The molecule has 1 aliphatic heterocycles. The lowest BCUT2D eigenvalue weighted by atomic mass is 10.1. The van der Waals surface area contributed by atoms with Crippen molar-refractivity contribution >= 4 is 29.0 Å². The first-order chi connectivity index (χ1) is 15.5. The van der Waals surface area contributed by atoms with Gasteiger partial charge in [0.25, 0.3) is 5.56 Å². The lowest BCUT2D eigenvalue weighted by molar-refractivity contribution is 0.205. The van der Waals surface area contributed by atoms with Crippen LogP contribution in [-0.2, 0) is 13.0 Å². The fraction of sp³-hybridized carbons (Fsp3) is 0.174. The smallest absolute Gasteiger partial charge is 0.322 e. The number of H-pyrrole nitrogens is 1. The number of urea groups is 1. The number of hydrogen-bond acceptors (Lipinski definition) is 4. The van der Waals surface area contributed by atoms with Crippen molar-refractivity contribution in [3.8, 4) is 17.0 Å². The molecule has 9 heteroatoms. The number of rotatable bonds is 3. The molecule has 32 heavy (non-hydrogen) atoms. The van der Waals surface area contributed by atoms with Gasteiger partial charge < -0.3 is 15.0 Å². The molecule has 5 rings (SSSR count). The maximum Gasteiger partial charge on any atom is 0.322 e. The van der Waals surface area contributed by atoms with E-state index in [1.807, 2.05) is 30.3 Å². The third-order valence-electron chi connectivity index (χ3n) is 5.57. The van der Waals surface area contributed by atoms with Crippen LogP contribution >= 0.6 is 11.6 Å². The van der Waals surface area contributed by atoms with Crippen molar-refractivity contribution < 1.29 is 9.53 Å². The van der Waals surface area contributed by atoms with E-state index >= 15 is 0 Å². The van der Waals surface area contributed by atoms with Crippen LogP contribution < -0.4 is 15.6 Å². The quantitative estimate of drug-likeness (QED) is 0.495. The molecule has 3 heterocycles. The van der Waals surface area contributed by atoms with Gasteiger partial charge in [0.1, 0.15) is 5.75 Å². The van der Waals surface area contributed by atoms with E-state index in [4.69, 9.17) is 16.3 Å². The predicted molar refractivity (Wildman–Crippen MR) is 122 cm³/mol. The highest BCUT2D eigenvalue weighted by Gasteiger charge is 2.26. The zero-order valence-corrected chi connectivity index (χ0v) is 18.0. The molecular formula is C23H20ClN5O3. The number of halogens is 1. The fourth-order valence-electron chi connectivity index (χ4n) is 3.83. The number of nitrogens with one attached hydrogen (secondary N) is 2. The van der Waals surface area contributed by atoms with Gasteiger partial charge in [-0.05, 0) is 42.0 Å². The van der Waals surface area contributed by atoms with Crippen LogP contribution in [0.3, 0.4) is 0 Å². The van der Waals surface area contributed by atoms with Crippen molar-refractivity contribution in [2.75, 3.05) is 19.0 Å². The van der Waals surface area contributed by atoms with E-state index in [1.54, 1.807) is 36.3 Å². The first kappa shape index (κ1) is 20.1. The molecule has 0 radical (unpaired) electrons. The molecule has 0 unspecified atom stereocenters. The summed E-state index contributed by atoms with van der Waals surface area (Å²) in [4.78, 5) is 32.2. The van der Waals surface area contributed by atoms with E-state index in [2.05, 4.69) is 15.4 Å². The summed E-state index contributed by atoms with van der Waals surface area (Å²) in [6.45, 7) is 0.638. The van der Waals surface area contributed by atoms with Crippen LogP contribution in [0.15, 0.2) is 59.4 Å². The van der Waals surface area contributed by atoms with Gasteiger partial charge in [-0.15, -0.1) is 0 Å². The Morgan fingerprint density at radius 3 is 2.72 bits per heavy atom.